The highest BCUT2D eigenvalue weighted by molar-refractivity contribution is 6.32. The van der Waals surface area contributed by atoms with Crippen LogP contribution in [0.25, 0.3) is 0 Å². The molecule has 2 aromatic carbocycles. The number of hydrogen-bond acceptors (Lipinski definition) is 3. The minimum absolute atomic E-state index is 0.0622. The number of halogens is 2. The topological polar surface area (TPSA) is 30.5 Å². The summed E-state index contributed by atoms with van der Waals surface area (Å²) in [4.78, 5) is 0. The second-order valence-corrected chi connectivity index (χ2v) is 5.52. The molecule has 1 aliphatic heterocycles. The Labute approximate surface area is 134 Å². The zero-order chi connectivity index (χ0) is 15.4. The van der Waals surface area contributed by atoms with Gasteiger partial charge in [0.1, 0.15) is 6.10 Å². The lowest BCUT2D eigenvalue weighted by molar-refractivity contribution is -0.0442. The number of benzene rings is 2. The lowest BCUT2D eigenvalue weighted by atomic mass is 10.0. The van der Waals surface area contributed by atoms with Crippen molar-refractivity contribution < 1.29 is 13.9 Å². The zero-order valence-electron chi connectivity index (χ0n) is 12.0. The maximum atomic E-state index is 14.0. The molecule has 0 spiro atoms. The quantitative estimate of drug-likeness (QED) is 0.933. The van der Waals surface area contributed by atoms with Crippen LogP contribution in [-0.2, 0) is 4.74 Å². The number of nitrogens with one attached hydrogen (secondary N) is 1. The van der Waals surface area contributed by atoms with Gasteiger partial charge in [0.05, 0.1) is 11.6 Å². The number of hydrogen-bond donors (Lipinski definition) is 1. The molecule has 0 aromatic heterocycles. The average Bonchev–Trinajstić information content (AvgIpc) is 2.56. The summed E-state index contributed by atoms with van der Waals surface area (Å²) in [6, 6.07) is 14.2. The van der Waals surface area contributed by atoms with Gasteiger partial charge in [-0.25, -0.2) is 4.39 Å². The Bertz CT molecular complexity index is 597. The molecule has 2 aromatic rings. The van der Waals surface area contributed by atoms with Crippen molar-refractivity contribution >= 4 is 11.6 Å². The first kappa shape index (κ1) is 15.3. The summed E-state index contributed by atoms with van der Waals surface area (Å²) >= 11 is 6.08. The normalized spacial score (nSPS) is 19.6. The van der Waals surface area contributed by atoms with E-state index in [4.69, 9.17) is 21.1 Å². The molecule has 0 radical (unpaired) electrons. The van der Waals surface area contributed by atoms with Crippen LogP contribution in [0.1, 0.15) is 11.7 Å². The monoisotopic (exact) mass is 321 g/mol. The van der Waals surface area contributed by atoms with Crippen molar-refractivity contribution in [1.82, 2.24) is 5.32 Å². The summed E-state index contributed by atoms with van der Waals surface area (Å²) in [5.74, 6) is -0.413. The van der Waals surface area contributed by atoms with Crippen molar-refractivity contribution in [2.24, 2.45) is 0 Å². The van der Waals surface area contributed by atoms with Crippen LogP contribution >= 0.6 is 11.6 Å². The molecule has 5 heteroatoms. The predicted octanol–water partition coefficient (Wildman–Crippen LogP) is 3.59. The molecule has 0 amide bonds. The molecule has 0 aliphatic carbocycles. The van der Waals surface area contributed by atoms with Crippen LogP contribution in [0.3, 0.4) is 0 Å². The second kappa shape index (κ2) is 7.09. The van der Waals surface area contributed by atoms with Crippen LogP contribution in [-0.4, -0.2) is 25.8 Å². The first-order chi connectivity index (χ1) is 10.8. The molecule has 1 fully saturated rings. The highest BCUT2D eigenvalue weighted by atomic mass is 35.5. The van der Waals surface area contributed by atoms with E-state index in [-0.39, 0.29) is 16.9 Å². The van der Waals surface area contributed by atoms with E-state index in [1.54, 1.807) is 12.1 Å². The van der Waals surface area contributed by atoms with Crippen molar-refractivity contribution in [2.45, 2.75) is 12.2 Å². The molecule has 0 saturated carbocycles. The van der Waals surface area contributed by atoms with Gasteiger partial charge in [0.2, 0.25) is 0 Å². The Balaban J connectivity index is 1.91. The molecule has 1 aliphatic rings. The molecule has 22 heavy (non-hydrogen) atoms. The van der Waals surface area contributed by atoms with Gasteiger partial charge in [-0.05, 0) is 17.7 Å². The van der Waals surface area contributed by atoms with Gasteiger partial charge < -0.3 is 14.8 Å². The van der Waals surface area contributed by atoms with E-state index >= 15 is 0 Å². The summed E-state index contributed by atoms with van der Waals surface area (Å²) in [7, 11) is 0. The van der Waals surface area contributed by atoms with Crippen LogP contribution in [0.4, 0.5) is 4.39 Å². The van der Waals surface area contributed by atoms with Gasteiger partial charge in [0.15, 0.2) is 17.7 Å². The highest BCUT2D eigenvalue weighted by Crippen LogP contribution is 2.34. The van der Waals surface area contributed by atoms with E-state index in [0.29, 0.717) is 13.2 Å². The molecular weight excluding hydrogens is 305 g/mol. The SMILES string of the molecule is Fc1cccc(Cl)c1O[C@@H](c1ccccc1)[C@@H]1CNCCO1. The number of para-hydroxylation sites is 1. The van der Waals surface area contributed by atoms with Gasteiger partial charge in [0, 0.05) is 13.1 Å². The van der Waals surface area contributed by atoms with Gasteiger partial charge in [-0.3, -0.25) is 0 Å². The van der Waals surface area contributed by atoms with Gasteiger partial charge in [-0.2, -0.15) is 0 Å². The fourth-order valence-corrected chi connectivity index (χ4v) is 2.71. The third kappa shape index (κ3) is 3.40. The van der Waals surface area contributed by atoms with Crippen molar-refractivity contribution in [3.05, 3.63) is 64.9 Å². The Morgan fingerprint density at radius 1 is 1.18 bits per heavy atom. The van der Waals surface area contributed by atoms with E-state index in [9.17, 15) is 4.39 Å². The van der Waals surface area contributed by atoms with E-state index in [2.05, 4.69) is 5.32 Å². The number of rotatable bonds is 4. The third-order valence-corrected chi connectivity index (χ3v) is 3.88. The minimum atomic E-state index is -0.475. The van der Waals surface area contributed by atoms with Crippen LogP contribution in [0.15, 0.2) is 48.5 Å². The first-order valence-electron chi connectivity index (χ1n) is 7.23. The van der Waals surface area contributed by atoms with Gasteiger partial charge >= 0.3 is 0 Å². The molecule has 116 valence electrons. The van der Waals surface area contributed by atoms with Gasteiger partial charge in [-0.1, -0.05) is 48.0 Å². The highest BCUT2D eigenvalue weighted by Gasteiger charge is 2.29. The molecule has 1 saturated heterocycles. The van der Waals surface area contributed by atoms with Gasteiger partial charge in [0.25, 0.3) is 0 Å². The second-order valence-electron chi connectivity index (χ2n) is 5.11. The van der Waals surface area contributed by atoms with E-state index in [0.717, 1.165) is 12.1 Å². The largest absolute Gasteiger partial charge is 0.478 e. The molecule has 3 rings (SSSR count). The van der Waals surface area contributed by atoms with Crippen molar-refractivity contribution in [2.75, 3.05) is 19.7 Å². The molecule has 3 nitrogen and oxygen atoms in total. The molecule has 2 atom stereocenters. The molecule has 1 heterocycles. The summed E-state index contributed by atoms with van der Waals surface area (Å²) in [5.41, 5.74) is 0.926. The lowest BCUT2D eigenvalue weighted by Gasteiger charge is -2.32. The first-order valence-corrected chi connectivity index (χ1v) is 7.61. The summed E-state index contributed by atoms with van der Waals surface area (Å²) in [5, 5.41) is 3.52. The molecule has 1 N–H and O–H groups in total. The zero-order valence-corrected chi connectivity index (χ0v) is 12.7. The Morgan fingerprint density at radius 2 is 2.00 bits per heavy atom. The van der Waals surface area contributed by atoms with Crippen molar-refractivity contribution in [3.8, 4) is 5.75 Å². The summed E-state index contributed by atoms with van der Waals surface area (Å²) in [6.45, 7) is 2.05. The lowest BCUT2D eigenvalue weighted by Crippen LogP contribution is -2.43. The fourth-order valence-electron chi connectivity index (χ4n) is 2.50. The van der Waals surface area contributed by atoms with Crippen LogP contribution in [0, 0.1) is 5.82 Å². The minimum Gasteiger partial charge on any atom is -0.478 e. The maximum absolute atomic E-state index is 14.0. The molecular formula is C17H17ClFNO2. The number of ether oxygens (including phenoxy) is 2. The van der Waals surface area contributed by atoms with E-state index in [1.165, 1.54) is 6.07 Å². The Morgan fingerprint density at radius 3 is 2.68 bits per heavy atom. The Kier molecular flexibility index (Phi) is 4.93. The smallest absolute Gasteiger partial charge is 0.174 e. The fraction of sp³-hybridized carbons (Fsp3) is 0.294. The van der Waals surface area contributed by atoms with Crippen LogP contribution < -0.4 is 10.1 Å². The van der Waals surface area contributed by atoms with Crippen LogP contribution in [0.2, 0.25) is 5.02 Å². The standard InChI is InChI=1S/C17H17ClFNO2/c18-13-7-4-8-14(19)17(13)22-16(12-5-2-1-3-6-12)15-11-20-9-10-21-15/h1-8,15-16,20H,9-11H2/t15-,16-/m0/s1. The third-order valence-electron chi connectivity index (χ3n) is 3.59. The molecule has 0 bridgehead atoms. The maximum Gasteiger partial charge on any atom is 0.174 e. The van der Waals surface area contributed by atoms with E-state index < -0.39 is 11.9 Å². The molecule has 0 unspecified atom stereocenters. The number of morpholine rings is 1. The predicted molar refractivity (Wildman–Crippen MR) is 83.8 cm³/mol. The average molecular weight is 322 g/mol. The summed E-state index contributed by atoms with van der Waals surface area (Å²) < 4.78 is 25.8. The van der Waals surface area contributed by atoms with E-state index in [1.807, 2.05) is 30.3 Å². The van der Waals surface area contributed by atoms with Crippen molar-refractivity contribution in [3.63, 3.8) is 0 Å². The Hall–Kier alpha value is -1.62. The summed E-state index contributed by atoms with van der Waals surface area (Å²) in [6.07, 6.45) is -0.629. The van der Waals surface area contributed by atoms with Crippen molar-refractivity contribution in [1.29, 1.82) is 0 Å². The van der Waals surface area contributed by atoms with Crippen LogP contribution in [0.5, 0.6) is 5.75 Å². The van der Waals surface area contributed by atoms with Gasteiger partial charge in [-0.15, -0.1) is 0 Å².